The molecule has 2 rings (SSSR count). The molecule has 0 aliphatic heterocycles. The Kier molecular flexibility index (Phi) is 12.0. The zero-order valence-electron chi connectivity index (χ0n) is 18.1. The topological polar surface area (TPSA) is 0 Å². The Labute approximate surface area is 156 Å². The second kappa shape index (κ2) is 12.8. The van der Waals surface area contributed by atoms with Crippen molar-refractivity contribution in [1.82, 2.24) is 0 Å². The van der Waals surface area contributed by atoms with E-state index in [1.54, 1.807) is 0 Å². The van der Waals surface area contributed by atoms with E-state index in [2.05, 4.69) is 97.0 Å². The van der Waals surface area contributed by atoms with Gasteiger partial charge in [0, 0.05) is 0 Å². The minimum atomic E-state index is 0.843. The molecule has 0 nitrogen and oxygen atoms in total. The molecule has 2 aromatic rings. The van der Waals surface area contributed by atoms with Gasteiger partial charge < -0.3 is 0 Å². The van der Waals surface area contributed by atoms with Gasteiger partial charge in [-0.2, -0.15) is 0 Å². The lowest BCUT2D eigenvalue weighted by Gasteiger charge is -2.18. The predicted molar refractivity (Wildman–Crippen MR) is 118 cm³/mol. The highest BCUT2D eigenvalue weighted by Gasteiger charge is 2.09. The van der Waals surface area contributed by atoms with Gasteiger partial charge in [-0.25, -0.2) is 0 Å². The molecule has 0 fully saturated rings. The molecule has 0 N–H and O–H groups in total. The van der Waals surface area contributed by atoms with Crippen LogP contribution in [0.15, 0.2) is 36.4 Å². The van der Waals surface area contributed by atoms with E-state index in [4.69, 9.17) is 0 Å². The monoisotopic (exact) mass is 340 g/mol. The molecule has 0 aromatic heterocycles. The van der Waals surface area contributed by atoms with Crippen LogP contribution < -0.4 is 10.4 Å². The van der Waals surface area contributed by atoms with E-state index in [0.717, 1.165) is 24.2 Å². The molecule has 0 saturated carbocycles. The molecule has 0 saturated heterocycles. The lowest BCUT2D eigenvalue weighted by molar-refractivity contribution is 0.316. The summed E-state index contributed by atoms with van der Waals surface area (Å²) in [4.78, 5) is 0. The van der Waals surface area contributed by atoms with Crippen molar-refractivity contribution >= 4 is 22.9 Å². The molecule has 0 heterocycles. The van der Waals surface area contributed by atoms with Gasteiger partial charge >= 0.3 is 0 Å². The summed E-state index contributed by atoms with van der Waals surface area (Å²) >= 11 is 0. The van der Waals surface area contributed by atoms with E-state index >= 15 is 0 Å². The Morgan fingerprint density at radius 2 is 1.24 bits per heavy atom. The number of benzene rings is 2. The van der Waals surface area contributed by atoms with Crippen LogP contribution in [0.25, 0.3) is 22.9 Å². The van der Waals surface area contributed by atoms with E-state index in [0.29, 0.717) is 0 Å². The van der Waals surface area contributed by atoms with Crippen molar-refractivity contribution in [2.24, 2.45) is 17.8 Å². The van der Waals surface area contributed by atoms with E-state index in [9.17, 15) is 0 Å². The van der Waals surface area contributed by atoms with E-state index in [1.165, 1.54) is 21.2 Å². The Balaban J connectivity index is 0.000000493. The highest BCUT2D eigenvalue weighted by molar-refractivity contribution is 5.82. The third-order valence-electron chi connectivity index (χ3n) is 4.79. The van der Waals surface area contributed by atoms with Gasteiger partial charge in [0.15, 0.2) is 0 Å². The van der Waals surface area contributed by atoms with E-state index in [1.807, 2.05) is 13.8 Å². The van der Waals surface area contributed by atoms with Gasteiger partial charge in [0.25, 0.3) is 0 Å². The molecule has 0 aliphatic carbocycles. The number of fused-ring (bicyclic) bond motifs is 1. The van der Waals surface area contributed by atoms with Crippen LogP contribution >= 0.6 is 0 Å². The molecule has 0 unspecified atom stereocenters. The van der Waals surface area contributed by atoms with Gasteiger partial charge in [-0.05, 0) is 64.4 Å². The molecular formula is C25H40. The minimum Gasteiger partial charge on any atom is -0.0798 e. The summed E-state index contributed by atoms with van der Waals surface area (Å²) in [6.45, 7) is 19.7. The van der Waals surface area contributed by atoms with Crippen LogP contribution in [0.4, 0.5) is 0 Å². The maximum absolute atomic E-state index is 2.31. The second-order valence-electron chi connectivity index (χ2n) is 7.08. The maximum atomic E-state index is 2.31. The predicted octanol–water partition coefficient (Wildman–Crippen LogP) is 6.79. The van der Waals surface area contributed by atoms with Crippen molar-refractivity contribution in [2.45, 2.75) is 68.7 Å². The van der Waals surface area contributed by atoms with Crippen LogP contribution in [0.3, 0.4) is 0 Å². The summed E-state index contributed by atoms with van der Waals surface area (Å²) in [5.41, 5.74) is 0. The summed E-state index contributed by atoms with van der Waals surface area (Å²) in [5.74, 6) is 2.56. The molecule has 140 valence electrons. The van der Waals surface area contributed by atoms with Crippen LogP contribution in [0.1, 0.15) is 68.7 Å². The van der Waals surface area contributed by atoms with Gasteiger partial charge in [-0.15, -0.1) is 0 Å². The molecular weight excluding hydrogens is 300 g/mol. The van der Waals surface area contributed by atoms with Crippen LogP contribution in [0.5, 0.6) is 0 Å². The fourth-order valence-electron chi connectivity index (χ4n) is 2.69. The lowest BCUT2D eigenvalue weighted by atomic mass is 9.88. The van der Waals surface area contributed by atoms with Gasteiger partial charge in [0.05, 0.1) is 0 Å². The molecule has 0 amide bonds. The summed E-state index contributed by atoms with van der Waals surface area (Å²) in [5, 5.41) is 5.32. The molecule has 2 aromatic carbocycles. The summed E-state index contributed by atoms with van der Waals surface area (Å²) in [6, 6.07) is 13.0. The largest absolute Gasteiger partial charge is 0.0798 e. The SMILES string of the molecule is C/C=c1/cc2ccccc2c/c1=C/CC.CC.CC(C)C(C)C(C)C. The summed E-state index contributed by atoms with van der Waals surface area (Å²) < 4.78 is 0. The Morgan fingerprint density at radius 1 is 0.800 bits per heavy atom. The molecule has 0 radical (unpaired) electrons. The first-order chi connectivity index (χ1) is 11.9. The minimum absolute atomic E-state index is 0.843. The molecule has 25 heavy (non-hydrogen) atoms. The fraction of sp³-hybridized carbons (Fsp3) is 0.520. The average Bonchev–Trinajstić information content (AvgIpc) is 2.62. The fourth-order valence-corrected chi connectivity index (χ4v) is 2.69. The lowest BCUT2D eigenvalue weighted by Crippen LogP contribution is -2.23. The van der Waals surface area contributed by atoms with E-state index < -0.39 is 0 Å². The Bertz CT molecular complexity index is 696. The van der Waals surface area contributed by atoms with Gasteiger partial charge in [0.2, 0.25) is 0 Å². The highest BCUT2D eigenvalue weighted by Crippen LogP contribution is 2.18. The van der Waals surface area contributed by atoms with Crippen LogP contribution in [-0.4, -0.2) is 0 Å². The summed E-state index contributed by atoms with van der Waals surface area (Å²) in [6.07, 6.45) is 5.54. The number of hydrogen-bond acceptors (Lipinski definition) is 0. The van der Waals surface area contributed by atoms with Crippen molar-refractivity contribution in [3.05, 3.63) is 46.8 Å². The zero-order valence-corrected chi connectivity index (χ0v) is 18.1. The Morgan fingerprint density at radius 3 is 1.56 bits per heavy atom. The van der Waals surface area contributed by atoms with Gasteiger partial charge in [0.1, 0.15) is 0 Å². The third-order valence-corrected chi connectivity index (χ3v) is 4.79. The van der Waals surface area contributed by atoms with Crippen LogP contribution in [0, 0.1) is 17.8 Å². The van der Waals surface area contributed by atoms with E-state index in [-0.39, 0.29) is 0 Å². The number of rotatable bonds is 3. The second-order valence-corrected chi connectivity index (χ2v) is 7.08. The standard InChI is InChI=1S/C15H16.C8H18.C2H6/c1-3-7-13-11-15-9-6-5-8-14(15)10-12(13)4-2;1-6(2)8(5)7(3)4;1-2/h4-11H,3H2,1-2H3;6-8H,1-5H3;1-2H3/b12-4-,13-7-;;. The first-order valence-corrected chi connectivity index (χ1v) is 10.1. The molecule has 0 heteroatoms. The molecule has 0 spiro atoms. The molecule has 0 bridgehead atoms. The summed E-state index contributed by atoms with van der Waals surface area (Å²) in [7, 11) is 0. The van der Waals surface area contributed by atoms with Crippen molar-refractivity contribution in [3.63, 3.8) is 0 Å². The van der Waals surface area contributed by atoms with Gasteiger partial charge in [-0.3, -0.25) is 0 Å². The molecule has 0 atom stereocenters. The van der Waals surface area contributed by atoms with Crippen LogP contribution in [-0.2, 0) is 0 Å². The first kappa shape index (κ1) is 23.4. The number of hydrogen-bond donors (Lipinski definition) is 0. The quantitative estimate of drug-likeness (QED) is 0.577. The smallest absolute Gasteiger partial charge is 0.0178 e. The zero-order chi connectivity index (χ0) is 19.4. The third kappa shape index (κ3) is 7.90. The van der Waals surface area contributed by atoms with Crippen LogP contribution in [0.2, 0.25) is 0 Å². The average molecular weight is 341 g/mol. The maximum Gasteiger partial charge on any atom is -0.0178 e. The van der Waals surface area contributed by atoms with Crippen molar-refractivity contribution < 1.29 is 0 Å². The van der Waals surface area contributed by atoms with Gasteiger partial charge in [-0.1, -0.05) is 91.8 Å². The molecule has 0 aliphatic rings. The van der Waals surface area contributed by atoms with Crippen molar-refractivity contribution in [1.29, 1.82) is 0 Å². The van der Waals surface area contributed by atoms with Crippen molar-refractivity contribution in [2.75, 3.05) is 0 Å². The Hall–Kier alpha value is -1.56. The highest BCUT2D eigenvalue weighted by atomic mass is 14.2. The normalized spacial score (nSPS) is 12.3. The van der Waals surface area contributed by atoms with Crippen molar-refractivity contribution in [3.8, 4) is 0 Å². The first-order valence-electron chi connectivity index (χ1n) is 10.1.